The smallest absolute Gasteiger partial charge is 0.0546 e. The van der Waals surface area contributed by atoms with Crippen molar-refractivity contribution in [3.05, 3.63) is 188 Å². The predicted molar refractivity (Wildman–Crippen MR) is 192 cm³/mol. The van der Waals surface area contributed by atoms with Gasteiger partial charge in [0.15, 0.2) is 0 Å². The topological polar surface area (TPSA) is 3.24 Å². The highest BCUT2D eigenvalue weighted by Crippen LogP contribution is 2.44. The third-order valence-electron chi connectivity index (χ3n) is 8.61. The molecule has 0 saturated carbocycles. The van der Waals surface area contributed by atoms with Crippen molar-refractivity contribution in [3.8, 4) is 33.4 Å². The maximum Gasteiger partial charge on any atom is 0.0546 e. The lowest BCUT2D eigenvalue weighted by Crippen LogP contribution is -2.11. The van der Waals surface area contributed by atoms with Gasteiger partial charge in [-0.3, -0.25) is 0 Å². The quantitative estimate of drug-likeness (QED) is 0.179. The van der Waals surface area contributed by atoms with Gasteiger partial charge in [-0.1, -0.05) is 152 Å². The van der Waals surface area contributed by atoms with Crippen LogP contribution < -0.4 is 4.90 Å². The summed E-state index contributed by atoms with van der Waals surface area (Å²) in [7, 11) is 0. The normalized spacial score (nSPS) is 11.1. The van der Waals surface area contributed by atoms with Crippen molar-refractivity contribution in [2.45, 2.75) is 0 Å². The number of benzene rings is 8. The molecule has 8 rings (SSSR count). The standard InChI is InChI=1S/C44H31N/c1-4-14-32(15-5-1)35-24-26-39(27-25-35)45(44-31-36-20-10-11-21-41(36)42-22-12-13-23-43(42)44)40-29-37(33-16-6-2-7-17-33)28-38(30-40)34-18-8-3-9-19-34/h1-31H. The molecule has 0 aromatic heterocycles. The minimum atomic E-state index is 1.11. The fourth-order valence-corrected chi connectivity index (χ4v) is 6.42. The molecule has 0 spiro atoms. The first-order valence-corrected chi connectivity index (χ1v) is 15.4. The Kier molecular flexibility index (Phi) is 6.90. The molecule has 8 aromatic carbocycles. The van der Waals surface area contributed by atoms with E-state index in [4.69, 9.17) is 0 Å². The Bertz CT molecular complexity index is 2180. The summed E-state index contributed by atoms with van der Waals surface area (Å²) >= 11 is 0. The van der Waals surface area contributed by atoms with E-state index in [1.165, 1.54) is 54.9 Å². The second kappa shape index (κ2) is 11.6. The summed E-state index contributed by atoms with van der Waals surface area (Å²) in [6, 6.07) is 67.7. The van der Waals surface area contributed by atoms with Crippen LogP contribution in [0.1, 0.15) is 0 Å². The zero-order valence-corrected chi connectivity index (χ0v) is 24.8. The molecular formula is C44H31N. The van der Waals surface area contributed by atoms with Crippen molar-refractivity contribution in [2.75, 3.05) is 4.90 Å². The van der Waals surface area contributed by atoms with Gasteiger partial charge in [0.25, 0.3) is 0 Å². The van der Waals surface area contributed by atoms with Gasteiger partial charge in [0.2, 0.25) is 0 Å². The van der Waals surface area contributed by atoms with Crippen molar-refractivity contribution in [1.29, 1.82) is 0 Å². The Morgan fingerprint density at radius 1 is 0.267 bits per heavy atom. The van der Waals surface area contributed by atoms with Crippen molar-refractivity contribution in [3.63, 3.8) is 0 Å². The molecule has 0 atom stereocenters. The fourth-order valence-electron chi connectivity index (χ4n) is 6.42. The van der Waals surface area contributed by atoms with Crippen LogP contribution >= 0.6 is 0 Å². The van der Waals surface area contributed by atoms with Gasteiger partial charge in [0, 0.05) is 16.8 Å². The molecule has 0 unspecified atom stereocenters. The highest BCUT2D eigenvalue weighted by atomic mass is 15.1. The minimum absolute atomic E-state index is 1.11. The highest BCUT2D eigenvalue weighted by molar-refractivity contribution is 6.14. The van der Waals surface area contributed by atoms with Gasteiger partial charge in [-0.25, -0.2) is 0 Å². The lowest BCUT2D eigenvalue weighted by Gasteiger charge is -2.29. The average Bonchev–Trinajstić information content (AvgIpc) is 3.13. The van der Waals surface area contributed by atoms with Crippen molar-refractivity contribution in [2.24, 2.45) is 0 Å². The van der Waals surface area contributed by atoms with Gasteiger partial charge in [0.1, 0.15) is 0 Å². The van der Waals surface area contributed by atoms with Gasteiger partial charge < -0.3 is 4.90 Å². The van der Waals surface area contributed by atoms with Gasteiger partial charge in [-0.2, -0.15) is 0 Å². The van der Waals surface area contributed by atoms with Gasteiger partial charge >= 0.3 is 0 Å². The lowest BCUT2D eigenvalue weighted by molar-refractivity contribution is 1.30. The third-order valence-corrected chi connectivity index (χ3v) is 8.61. The van der Waals surface area contributed by atoms with Crippen LogP contribution in [0.4, 0.5) is 17.1 Å². The maximum absolute atomic E-state index is 2.43. The van der Waals surface area contributed by atoms with Crippen LogP contribution in [0.2, 0.25) is 0 Å². The third kappa shape index (κ3) is 5.15. The van der Waals surface area contributed by atoms with Crippen molar-refractivity contribution in [1.82, 2.24) is 0 Å². The van der Waals surface area contributed by atoms with E-state index in [1.807, 2.05) is 0 Å². The summed E-state index contributed by atoms with van der Waals surface area (Å²) in [5, 5.41) is 4.95. The molecule has 1 nitrogen and oxygen atoms in total. The molecule has 1 heteroatoms. The second-order valence-corrected chi connectivity index (χ2v) is 11.4. The van der Waals surface area contributed by atoms with Gasteiger partial charge in [0.05, 0.1) is 5.69 Å². The molecule has 45 heavy (non-hydrogen) atoms. The number of hydrogen-bond donors (Lipinski definition) is 0. The molecule has 0 saturated heterocycles. The molecule has 0 bridgehead atoms. The van der Waals surface area contributed by atoms with Crippen LogP contribution in [0.5, 0.6) is 0 Å². The van der Waals surface area contributed by atoms with Crippen LogP contribution in [0.15, 0.2) is 188 Å². The molecular weight excluding hydrogens is 542 g/mol. The summed E-state index contributed by atoms with van der Waals surface area (Å²) in [5.41, 5.74) is 10.5. The van der Waals surface area contributed by atoms with Crippen LogP contribution in [0, 0.1) is 0 Å². The van der Waals surface area contributed by atoms with E-state index < -0.39 is 0 Å². The summed E-state index contributed by atoms with van der Waals surface area (Å²) in [4.78, 5) is 2.43. The zero-order chi connectivity index (χ0) is 30.0. The summed E-state index contributed by atoms with van der Waals surface area (Å²) in [6.45, 7) is 0. The largest absolute Gasteiger partial charge is 0.310 e. The van der Waals surface area contributed by atoms with Crippen molar-refractivity contribution >= 4 is 38.6 Å². The molecule has 212 valence electrons. The number of anilines is 3. The Balaban J connectivity index is 1.41. The Labute approximate surface area is 264 Å². The van der Waals surface area contributed by atoms with E-state index in [-0.39, 0.29) is 0 Å². The van der Waals surface area contributed by atoms with Crippen molar-refractivity contribution < 1.29 is 0 Å². The molecule has 0 aliphatic carbocycles. The Hall–Kier alpha value is -5.92. The average molecular weight is 574 g/mol. The Morgan fingerprint density at radius 3 is 1.29 bits per heavy atom. The monoisotopic (exact) mass is 573 g/mol. The lowest BCUT2D eigenvalue weighted by atomic mass is 9.96. The maximum atomic E-state index is 2.43. The first-order valence-electron chi connectivity index (χ1n) is 15.4. The fraction of sp³-hybridized carbons (Fsp3) is 0. The van der Waals surface area contributed by atoms with Gasteiger partial charge in [-0.05, 0) is 85.9 Å². The summed E-state index contributed by atoms with van der Waals surface area (Å²) in [5.74, 6) is 0. The van der Waals surface area contributed by atoms with E-state index in [0.717, 1.165) is 17.1 Å². The zero-order valence-electron chi connectivity index (χ0n) is 24.8. The van der Waals surface area contributed by atoms with E-state index in [2.05, 4.69) is 193 Å². The molecule has 0 heterocycles. The summed E-state index contributed by atoms with van der Waals surface area (Å²) < 4.78 is 0. The number of fused-ring (bicyclic) bond motifs is 3. The first kappa shape index (κ1) is 26.7. The predicted octanol–water partition coefficient (Wildman–Crippen LogP) is 12.5. The van der Waals surface area contributed by atoms with Crippen LogP contribution in [0.3, 0.4) is 0 Å². The molecule has 0 amide bonds. The molecule has 0 radical (unpaired) electrons. The number of nitrogens with zero attached hydrogens (tertiary/aromatic N) is 1. The van der Waals surface area contributed by atoms with E-state index in [9.17, 15) is 0 Å². The number of rotatable bonds is 6. The first-order chi connectivity index (χ1) is 22.3. The van der Waals surface area contributed by atoms with Crippen LogP contribution in [-0.2, 0) is 0 Å². The Morgan fingerprint density at radius 2 is 0.711 bits per heavy atom. The minimum Gasteiger partial charge on any atom is -0.310 e. The summed E-state index contributed by atoms with van der Waals surface area (Å²) in [6.07, 6.45) is 0. The molecule has 0 aliphatic heterocycles. The molecule has 8 aromatic rings. The van der Waals surface area contributed by atoms with Crippen LogP contribution in [-0.4, -0.2) is 0 Å². The van der Waals surface area contributed by atoms with E-state index >= 15 is 0 Å². The molecule has 0 N–H and O–H groups in total. The van der Waals surface area contributed by atoms with Crippen LogP contribution in [0.25, 0.3) is 54.9 Å². The molecule has 0 fully saturated rings. The van der Waals surface area contributed by atoms with Gasteiger partial charge in [-0.15, -0.1) is 0 Å². The van der Waals surface area contributed by atoms with E-state index in [0.29, 0.717) is 0 Å². The SMILES string of the molecule is c1ccc(-c2ccc(N(c3cc(-c4ccccc4)cc(-c4ccccc4)c3)c3cc4ccccc4c4ccccc34)cc2)cc1. The number of hydrogen-bond acceptors (Lipinski definition) is 1. The second-order valence-electron chi connectivity index (χ2n) is 11.4. The molecule has 0 aliphatic rings. The van der Waals surface area contributed by atoms with E-state index in [1.54, 1.807) is 0 Å². The highest BCUT2D eigenvalue weighted by Gasteiger charge is 2.19.